The highest BCUT2D eigenvalue weighted by atomic mass is 32.2. The van der Waals surface area contributed by atoms with Crippen molar-refractivity contribution in [3.8, 4) is 0 Å². The maximum absolute atomic E-state index is 13.3. The lowest BCUT2D eigenvalue weighted by molar-refractivity contribution is 0.0696. The molecule has 0 amide bonds. The molecule has 178 valence electrons. The van der Waals surface area contributed by atoms with Crippen molar-refractivity contribution in [3.63, 3.8) is 0 Å². The summed E-state index contributed by atoms with van der Waals surface area (Å²) < 4.78 is 68.9. The van der Waals surface area contributed by atoms with E-state index in [4.69, 9.17) is 0 Å². The van der Waals surface area contributed by atoms with Gasteiger partial charge in [0.1, 0.15) is 5.82 Å². The van der Waals surface area contributed by atoms with Gasteiger partial charge in [-0.05, 0) is 66.4 Å². The van der Waals surface area contributed by atoms with Gasteiger partial charge in [0.15, 0.2) is 0 Å². The molecule has 0 aliphatic carbocycles. The second-order valence-corrected chi connectivity index (χ2v) is 11.4. The molecule has 4 rings (SSSR count). The standard InChI is InChI=1S/C23H21FN2O6S2/c24-18-8-11-20(12-9-18)34(31,32)26-13-3-5-16-7-10-19(14-22(16)26)25-33(29,30)15-17-4-1-2-6-21(17)23(27)28/h1-2,4,6-12,14,25H,3,5,13,15H2,(H,27,28). The monoisotopic (exact) mass is 504 g/mol. The van der Waals surface area contributed by atoms with E-state index in [0.717, 1.165) is 17.7 Å². The Balaban J connectivity index is 1.64. The molecule has 0 spiro atoms. The average Bonchev–Trinajstić information content (AvgIpc) is 2.78. The molecule has 1 aliphatic rings. The molecule has 0 saturated heterocycles. The van der Waals surface area contributed by atoms with Crippen LogP contribution in [-0.4, -0.2) is 34.5 Å². The Bertz CT molecular complexity index is 1460. The third kappa shape index (κ3) is 4.90. The van der Waals surface area contributed by atoms with Gasteiger partial charge in [-0.1, -0.05) is 24.3 Å². The van der Waals surface area contributed by atoms with Gasteiger partial charge in [-0.15, -0.1) is 0 Å². The number of benzene rings is 3. The van der Waals surface area contributed by atoms with Gasteiger partial charge in [-0.2, -0.15) is 0 Å². The maximum Gasteiger partial charge on any atom is 0.335 e. The van der Waals surface area contributed by atoms with E-state index >= 15 is 0 Å². The van der Waals surface area contributed by atoms with Crippen LogP contribution in [0.4, 0.5) is 15.8 Å². The molecule has 0 atom stereocenters. The van der Waals surface area contributed by atoms with E-state index in [-0.39, 0.29) is 28.3 Å². The third-order valence-electron chi connectivity index (χ3n) is 5.43. The molecule has 8 nitrogen and oxygen atoms in total. The Morgan fingerprint density at radius 3 is 2.41 bits per heavy atom. The highest BCUT2D eigenvalue weighted by molar-refractivity contribution is 7.93. The fraction of sp³-hybridized carbons (Fsp3) is 0.174. The minimum absolute atomic E-state index is 0.0713. The van der Waals surface area contributed by atoms with Crippen LogP contribution in [0.25, 0.3) is 0 Å². The van der Waals surface area contributed by atoms with Gasteiger partial charge in [0, 0.05) is 6.54 Å². The summed E-state index contributed by atoms with van der Waals surface area (Å²) in [7, 11) is -8.00. The summed E-state index contributed by atoms with van der Waals surface area (Å²) in [6.07, 6.45) is 1.19. The van der Waals surface area contributed by atoms with Crippen LogP contribution in [0.15, 0.2) is 71.6 Å². The van der Waals surface area contributed by atoms with Crippen molar-refractivity contribution >= 4 is 37.4 Å². The second-order valence-electron chi connectivity index (χ2n) is 7.80. The number of fused-ring (bicyclic) bond motifs is 1. The normalized spacial score (nSPS) is 13.9. The third-order valence-corrected chi connectivity index (χ3v) is 8.49. The van der Waals surface area contributed by atoms with E-state index in [1.165, 1.54) is 46.8 Å². The summed E-state index contributed by atoms with van der Waals surface area (Å²) in [5.41, 5.74) is 1.22. The van der Waals surface area contributed by atoms with E-state index < -0.39 is 37.6 Å². The Hall–Kier alpha value is -3.44. The first-order valence-corrected chi connectivity index (χ1v) is 13.4. The molecule has 2 N–H and O–H groups in total. The number of hydrogen-bond acceptors (Lipinski definition) is 5. The van der Waals surface area contributed by atoms with Crippen LogP contribution in [0.1, 0.15) is 27.9 Å². The topological polar surface area (TPSA) is 121 Å². The highest BCUT2D eigenvalue weighted by Gasteiger charge is 2.30. The van der Waals surface area contributed by atoms with Gasteiger partial charge in [0.25, 0.3) is 10.0 Å². The summed E-state index contributed by atoms with van der Waals surface area (Å²) in [5, 5.41) is 9.30. The van der Waals surface area contributed by atoms with Crippen molar-refractivity contribution in [2.75, 3.05) is 15.6 Å². The molecule has 0 saturated carbocycles. The molecule has 0 fully saturated rings. The van der Waals surface area contributed by atoms with Gasteiger partial charge < -0.3 is 5.11 Å². The van der Waals surface area contributed by atoms with Crippen molar-refractivity contribution in [2.24, 2.45) is 0 Å². The summed E-state index contributed by atoms with van der Waals surface area (Å²) in [6, 6.07) is 14.9. The smallest absolute Gasteiger partial charge is 0.335 e. The number of carbonyl (C=O) groups is 1. The van der Waals surface area contributed by atoms with E-state index in [2.05, 4.69) is 4.72 Å². The second kappa shape index (κ2) is 9.07. The van der Waals surface area contributed by atoms with Crippen LogP contribution < -0.4 is 9.03 Å². The molecular formula is C23H21FN2O6S2. The maximum atomic E-state index is 13.3. The van der Waals surface area contributed by atoms with Crippen LogP contribution in [-0.2, 0) is 32.2 Å². The first-order chi connectivity index (χ1) is 16.1. The van der Waals surface area contributed by atoms with E-state index in [0.29, 0.717) is 18.5 Å². The first kappa shape index (κ1) is 23.7. The van der Waals surface area contributed by atoms with Gasteiger partial charge in [0.05, 0.1) is 27.6 Å². The van der Waals surface area contributed by atoms with Gasteiger partial charge >= 0.3 is 5.97 Å². The molecule has 0 unspecified atom stereocenters. The van der Waals surface area contributed by atoms with Gasteiger partial charge in [-0.3, -0.25) is 9.03 Å². The van der Waals surface area contributed by atoms with E-state index in [9.17, 15) is 31.1 Å². The number of halogens is 1. The number of aryl methyl sites for hydroxylation is 1. The number of hydrogen-bond donors (Lipinski definition) is 2. The fourth-order valence-corrected chi connectivity index (χ4v) is 6.62. The van der Waals surface area contributed by atoms with Crippen molar-refractivity contribution in [3.05, 3.63) is 89.2 Å². The Morgan fingerprint density at radius 1 is 1.00 bits per heavy atom. The fourth-order valence-electron chi connectivity index (χ4n) is 3.86. The predicted molar refractivity (Wildman–Crippen MR) is 125 cm³/mol. The zero-order valence-corrected chi connectivity index (χ0v) is 19.4. The van der Waals surface area contributed by atoms with Gasteiger partial charge in [0.2, 0.25) is 10.0 Å². The van der Waals surface area contributed by atoms with E-state index in [1.54, 1.807) is 12.1 Å². The average molecular weight is 505 g/mol. The Kier molecular flexibility index (Phi) is 6.32. The number of sulfonamides is 2. The number of aromatic carboxylic acids is 1. The predicted octanol–water partition coefficient (Wildman–Crippen LogP) is 3.61. The van der Waals surface area contributed by atoms with Gasteiger partial charge in [-0.25, -0.2) is 26.0 Å². The van der Waals surface area contributed by atoms with Crippen molar-refractivity contribution in [1.29, 1.82) is 0 Å². The SMILES string of the molecule is O=C(O)c1ccccc1CS(=O)(=O)Nc1ccc2c(c1)N(S(=O)(=O)c1ccc(F)cc1)CCC2. The largest absolute Gasteiger partial charge is 0.478 e. The minimum Gasteiger partial charge on any atom is -0.478 e. The molecule has 3 aromatic carbocycles. The number of carboxylic acid groups (broad SMARTS) is 1. The van der Waals surface area contributed by atoms with Crippen molar-refractivity contribution < 1.29 is 31.1 Å². The summed E-state index contributed by atoms with van der Waals surface area (Å²) in [5.74, 6) is -2.36. The first-order valence-electron chi connectivity index (χ1n) is 10.3. The van der Waals surface area contributed by atoms with Crippen LogP contribution in [0.3, 0.4) is 0 Å². The summed E-state index contributed by atoms with van der Waals surface area (Å²) in [6.45, 7) is 0.189. The number of carboxylic acids is 1. The zero-order chi connectivity index (χ0) is 24.5. The molecule has 3 aromatic rings. The molecular weight excluding hydrogens is 483 g/mol. The lowest BCUT2D eigenvalue weighted by Crippen LogP contribution is -2.35. The van der Waals surface area contributed by atoms with E-state index in [1.807, 2.05) is 0 Å². The molecule has 0 radical (unpaired) electrons. The van der Waals surface area contributed by atoms with Crippen LogP contribution in [0.5, 0.6) is 0 Å². The Labute approximate surface area is 196 Å². The molecule has 0 bridgehead atoms. The number of anilines is 2. The lowest BCUT2D eigenvalue weighted by atomic mass is 10.0. The van der Waals surface area contributed by atoms with Crippen molar-refractivity contribution in [2.45, 2.75) is 23.5 Å². The van der Waals surface area contributed by atoms with Crippen LogP contribution in [0, 0.1) is 5.82 Å². The molecule has 34 heavy (non-hydrogen) atoms. The number of nitrogens with zero attached hydrogens (tertiary/aromatic N) is 1. The number of nitrogens with one attached hydrogen (secondary N) is 1. The zero-order valence-electron chi connectivity index (χ0n) is 17.8. The lowest BCUT2D eigenvalue weighted by Gasteiger charge is -2.31. The molecule has 1 heterocycles. The quantitative estimate of drug-likeness (QED) is 0.507. The minimum atomic E-state index is -4.00. The highest BCUT2D eigenvalue weighted by Crippen LogP contribution is 2.34. The molecule has 11 heteroatoms. The summed E-state index contributed by atoms with van der Waals surface area (Å²) in [4.78, 5) is 11.3. The summed E-state index contributed by atoms with van der Waals surface area (Å²) >= 11 is 0. The molecule has 0 aromatic heterocycles. The Morgan fingerprint density at radius 2 is 1.71 bits per heavy atom. The van der Waals surface area contributed by atoms with Crippen molar-refractivity contribution in [1.82, 2.24) is 0 Å². The number of rotatable bonds is 7. The van der Waals surface area contributed by atoms with Crippen LogP contribution in [0.2, 0.25) is 0 Å². The van der Waals surface area contributed by atoms with Crippen LogP contribution >= 0.6 is 0 Å². The molecule has 1 aliphatic heterocycles.